The van der Waals surface area contributed by atoms with Gasteiger partial charge in [0, 0.05) is 6.42 Å². The summed E-state index contributed by atoms with van der Waals surface area (Å²) in [6.45, 7) is 2.71. The number of benzene rings is 2. The predicted octanol–water partition coefficient (Wildman–Crippen LogP) is 3.57. The van der Waals surface area contributed by atoms with Crippen molar-refractivity contribution in [2.45, 2.75) is 43.0 Å². The molecule has 1 fully saturated rings. The molecule has 0 N–H and O–H groups in total. The largest absolute Gasteiger partial charge is 0.463 e. The summed E-state index contributed by atoms with van der Waals surface area (Å²) in [4.78, 5) is 12.7. The van der Waals surface area contributed by atoms with Crippen molar-refractivity contribution in [1.29, 1.82) is 0 Å². The maximum Gasteiger partial charge on any atom is 0.335 e. The number of ether oxygens (including phenoxy) is 3. The molecule has 1 heterocycles. The van der Waals surface area contributed by atoms with E-state index in [0.717, 1.165) is 22.3 Å². The van der Waals surface area contributed by atoms with E-state index in [1.165, 1.54) is 11.6 Å². The molecule has 0 saturated carbocycles. The highest BCUT2D eigenvalue weighted by molar-refractivity contribution is 7.91. The monoisotopic (exact) mass is 454 g/mol. The molecule has 7 heteroatoms. The molecule has 168 valence electrons. The third kappa shape index (κ3) is 3.68. The van der Waals surface area contributed by atoms with E-state index < -0.39 is 26.8 Å². The van der Waals surface area contributed by atoms with E-state index in [1.54, 1.807) is 6.92 Å². The third-order valence-electron chi connectivity index (χ3n) is 6.50. The van der Waals surface area contributed by atoms with Crippen LogP contribution in [-0.4, -0.2) is 45.2 Å². The Morgan fingerprint density at radius 3 is 2.62 bits per heavy atom. The predicted molar refractivity (Wildman–Crippen MR) is 120 cm³/mol. The molecule has 1 saturated heterocycles. The topological polar surface area (TPSA) is 78.9 Å². The Hall–Kier alpha value is -2.48. The van der Waals surface area contributed by atoms with E-state index in [4.69, 9.17) is 14.2 Å². The summed E-state index contributed by atoms with van der Waals surface area (Å²) in [5.41, 5.74) is 5.41. The lowest BCUT2D eigenvalue weighted by atomic mass is 9.94. The van der Waals surface area contributed by atoms with Gasteiger partial charge in [-0.05, 0) is 53.7 Å². The van der Waals surface area contributed by atoms with E-state index in [0.29, 0.717) is 26.1 Å². The van der Waals surface area contributed by atoms with Gasteiger partial charge in [0.2, 0.25) is 0 Å². The fourth-order valence-electron chi connectivity index (χ4n) is 5.04. The Morgan fingerprint density at radius 1 is 1.09 bits per heavy atom. The van der Waals surface area contributed by atoms with Crippen LogP contribution in [0.4, 0.5) is 0 Å². The first-order chi connectivity index (χ1) is 15.4. The average Bonchev–Trinajstić information content (AvgIpc) is 3.39. The molecule has 32 heavy (non-hydrogen) atoms. The van der Waals surface area contributed by atoms with Gasteiger partial charge in [-0.3, -0.25) is 0 Å². The van der Waals surface area contributed by atoms with Crippen LogP contribution in [0.15, 0.2) is 54.1 Å². The standard InChI is InChI=1S/C25H26O6S/c1-2-29-24(26)22-15-25(30-12-13-31-25)11-10-23(22)32(27,28)16-18-7-5-9-20-19-8-4-3-6-17(19)14-21(18)20/h3-9,15,23H,2,10-14,16H2,1H3. The van der Waals surface area contributed by atoms with Crippen LogP contribution < -0.4 is 0 Å². The zero-order valence-corrected chi connectivity index (χ0v) is 18.8. The van der Waals surface area contributed by atoms with Gasteiger partial charge in [0.15, 0.2) is 15.6 Å². The second-order valence-electron chi connectivity index (χ2n) is 8.44. The minimum absolute atomic E-state index is 0.121. The molecule has 2 aromatic rings. The SMILES string of the molecule is CCOC(=O)C1=CC2(CCC1S(=O)(=O)Cc1cccc3c1Cc1ccccc1-3)OCCO2. The van der Waals surface area contributed by atoms with Crippen molar-refractivity contribution in [3.8, 4) is 11.1 Å². The zero-order valence-electron chi connectivity index (χ0n) is 18.0. The van der Waals surface area contributed by atoms with Crippen LogP contribution in [0.25, 0.3) is 11.1 Å². The highest BCUT2D eigenvalue weighted by atomic mass is 32.2. The van der Waals surface area contributed by atoms with Crippen molar-refractivity contribution >= 4 is 15.8 Å². The van der Waals surface area contributed by atoms with Crippen molar-refractivity contribution in [3.63, 3.8) is 0 Å². The lowest BCUT2D eigenvalue weighted by Gasteiger charge is -2.33. The summed E-state index contributed by atoms with van der Waals surface area (Å²) in [5, 5.41) is -0.945. The third-order valence-corrected chi connectivity index (χ3v) is 8.57. The van der Waals surface area contributed by atoms with E-state index in [9.17, 15) is 13.2 Å². The summed E-state index contributed by atoms with van der Waals surface area (Å²) < 4.78 is 43.9. The summed E-state index contributed by atoms with van der Waals surface area (Å²) in [6, 6.07) is 14.0. The van der Waals surface area contributed by atoms with Crippen LogP contribution in [0.3, 0.4) is 0 Å². The number of fused-ring (bicyclic) bond motifs is 3. The molecule has 5 rings (SSSR count). The van der Waals surface area contributed by atoms with Crippen LogP contribution in [0.2, 0.25) is 0 Å². The fraction of sp³-hybridized carbons (Fsp3) is 0.400. The van der Waals surface area contributed by atoms with Crippen LogP contribution >= 0.6 is 0 Å². The first-order valence-corrected chi connectivity index (χ1v) is 12.7. The number of carbonyl (C=O) groups excluding carboxylic acids is 1. The van der Waals surface area contributed by atoms with Gasteiger partial charge in [-0.2, -0.15) is 0 Å². The lowest BCUT2D eigenvalue weighted by molar-refractivity contribution is -0.143. The molecule has 1 atom stereocenters. The van der Waals surface area contributed by atoms with Crippen LogP contribution in [-0.2, 0) is 41.0 Å². The first-order valence-electron chi connectivity index (χ1n) is 11.0. The molecule has 1 spiro atoms. The second-order valence-corrected chi connectivity index (χ2v) is 10.6. The Balaban J connectivity index is 1.48. The molecule has 0 bridgehead atoms. The number of hydrogen-bond acceptors (Lipinski definition) is 6. The Bertz CT molecular complexity index is 1190. The number of sulfone groups is 1. The lowest BCUT2D eigenvalue weighted by Crippen LogP contribution is -2.41. The van der Waals surface area contributed by atoms with E-state index in [-0.39, 0.29) is 24.4 Å². The molecule has 2 aromatic carbocycles. The number of carbonyl (C=O) groups is 1. The maximum absolute atomic E-state index is 13.6. The molecular formula is C25H26O6S. The second kappa shape index (κ2) is 8.14. The van der Waals surface area contributed by atoms with Gasteiger partial charge >= 0.3 is 5.97 Å². The number of hydrogen-bond donors (Lipinski definition) is 0. The van der Waals surface area contributed by atoms with Crippen LogP contribution in [0.5, 0.6) is 0 Å². The molecule has 0 aromatic heterocycles. The molecular weight excluding hydrogens is 428 g/mol. The summed E-state index contributed by atoms with van der Waals surface area (Å²) in [6.07, 6.45) is 2.89. The molecule has 3 aliphatic rings. The smallest absolute Gasteiger partial charge is 0.335 e. The molecule has 0 radical (unpaired) electrons. The van der Waals surface area contributed by atoms with Gasteiger partial charge in [-0.1, -0.05) is 42.5 Å². The van der Waals surface area contributed by atoms with Crippen molar-refractivity contribution in [1.82, 2.24) is 0 Å². The average molecular weight is 455 g/mol. The molecule has 6 nitrogen and oxygen atoms in total. The summed E-state index contributed by atoms with van der Waals surface area (Å²) in [7, 11) is -3.68. The van der Waals surface area contributed by atoms with Crippen molar-refractivity contribution in [2.75, 3.05) is 19.8 Å². The summed E-state index contributed by atoms with van der Waals surface area (Å²) >= 11 is 0. The van der Waals surface area contributed by atoms with Gasteiger partial charge in [0.05, 0.1) is 36.4 Å². The Labute approximate surface area is 188 Å². The first kappa shape index (κ1) is 21.4. The number of esters is 1. The maximum atomic E-state index is 13.6. The van der Waals surface area contributed by atoms with E-state index in [2.05, 4.69) is 12.1 Å². The Morgan fingerprint density at radius 2 is 1.84 bits per heavy atom. The van der Waals surface area contributed by atoms with Crippen LogP contribution in [0, 0.1) is 0 Å². The molecule has 1 aliphatic heterocycles. The van der Waals surface area contributed by atoms with Gasteiger partial charge in [0.1, 0.15) is 0 Å². The van der Waals surface area contributed by atoms with Gasteiger partial charge in [-0.25, -0.2) is 13.2 Å². The van der Waals surface area contributed by atoms with E-state index >= 15 is 0 Å². The van der Waals surface area contributed by atoms with E-state index in [1.807, 2.05) is 30.3 Å². The minimum Gasteiger partial charge on any atom is -0.463 e. The zero-order chi connectivity index (χ0) is 22.3. The van der Waals surface area contributed by atoms with Crippen LogP contribution in [0.1, 0.15) is 36.5 Å². The van der Waals surface area contributed by atoms with Gasteiger partial charge < -0.3 is 14.2 Å². The number of rotatable bonds is 5. The van der Waals surface area contributed by atoms with Crippen molar-refractivity contribution in [3.05, 3.63) is 70.8 Å². The van der Waals surface area contributed by atoms with Gasteiger partial charge in [0.25, 0.3) is 0 Å². The normalized spacial score (nSPS) is 21.2. The fourth-order valence-corrected chi connectivity index (χ4v) is 6.98. The highest BCUT2D eigenvalue weighted by Gasteiger charge is 2.46. The highest BCUT2D eigenvalue weighted by Crippen LogP contribution is 2.41. The summed E-state index contributed by atoms with van der Waals surface area (Å²) in [5.74, 6) is -1.77. The molecule has 2 aliphatic carbocycles. The van der Waals surface area contributed by atoms with Crippen molar-refractivity contribution < 1.29 is 27.4 Å². The quantitative estimate of drug-likeness (QED) is 0.549. The molecule has 0 amide bonds. The Kier molecular flexibility index (Phi) is 5.43. The van der Waals surface area contributed by atoms with Crippen molar-refractivity contribution in [2.24, 2.45) is 0 Å². The molecule has 1 unspecified atom stereocenters. The van der Waals surface area contributed by atoms with Gasteiger partial charge in [-0.15, -0.1) is 0 Å². The minimum atomic E-state index is -3.68.